The van der Waals surface area contributed by atoms with Crippen LogP contribution in [0.5, 0.6) is 0 Å². The number of amides is 1. The van der Waals surface area contributed by atoms with E-state index in [2.05, 4.69) is 5.32 Å². The van der Waals surface area contributed by atoms with Crippen LogP contribution >= 0.6 is 0 Å². The monoisotopic (exact) mass is 238 g/mol. The molecule has 1 amide bonds. The first-order valence-corrected chi connectivity index (χ1v) is 5.42. The summed E-state index contributed by atoms with van der Waals surface area (Å²) in [7, 11) is 1.41. The number of nitrogens with one attached hydrogen (secondary N) is 1. The topological polar surface area (TPSA) is 78.5 Å². The fraction of sp³-hybridized carbons (Fsp3) is 0.500. The van der Waals surface area contributed by atoms with E-state index in [0.29, 0.717) is 6.42 Å². The predicted octanol–water partition coefficient (Wildman–Crippen LogP) is -0.610. The Kier molecular flexibility index (Phi) is 4.45. The highest BCUT2D eigenvalue weighted by molar-refractivity contribution is 5.81. The van der Waals surface area contributed by atoms with Gasteiger partial charge in [-0.05, 0) is 6.42 Å². The summed E-state index contributed by atoms with van der Waals surface area (Å²) in [6.45, 7) is 1.71. The summed E-state index contributed by atoms with van der Waals surface area (Å²) >= 11 is 0. The minimum absolute atomic E-state index is 0.0981. The molecule has 0 aromatic heterocycles. The Labute approximate surface area is 100 Å². The predicted molar refractivity (Wildman–Crippen MR) is 59.8 cm³/mol. The Morgan fingerprint density at radius 1 is 1.47 bits per heavy atom. The van der Waals surface area contributed by atoms with Crippen molar-refractivity contribution < 1.29 is 19.4 Å². The van der Waals surface area contributed by atoms with E-state index in [4.69, 9.17) is 4.74 Å². The zero-order valence-electron chi connectivity index (χ0n) is 9.93. The molecule has 5 heteroatoms. The fourth-order valence-electron chi connectivity index (χ4n) is 1.94. The number of ether oxygens (including phenoxy) is 1. The van der Waals surface area contributed by atoms with Crippen LogP contribution < -0.4 is 10.4 Å². The molecule has 0 aromatic carbocycles. The number of rotatable bonds is 5. The Balaban J connectivity index is 2.92. The number of allylic oxidation sites excluding steroid dienone is 2. The zero-order valence-corrected chi connectivity index (χ0v) is 9.93. The van der Waals surface area contributed by atoms with Gasteiger partial charge in [0.15, 0.2) is 0 Å². The lowest BCUT2D eigenvalue weighted by molar-refractivity contribution is -0.311. The Bertz CT molecular complexity index is 362. The zero-order chi connectivity index (χ0) is 12.9. The fourth-order valence-corrected chi connectivity index (χ4v) is 1.94. The van der Waals surface area contributed by atoms with Crippen molar-refractivity contribution in [2.45, 2.75) is 18.9 Å². The molecule has 94 valence electrons. The highest BCUT2D eigenvalue weighted by Crippen LogP contribution is 2.27. The van der Waals surface area contributed by atoms with Crippen molar-refractivity contribution in [3.63, 3.8) is 0 Å². The number of aliphatic carboxylic acids is 1. The van der Waals surface area contributed by atoms with E-state index in [1.54, 1.807) is 18.2 Å². The highest BCUT2D eigenvalue weighted by Gasteiger charge is 2.36. The maximum absolute atomic E-state index is 11.5. The second-order valence-corrected chi connectivity index (χ2v) is 3.92. The van der Waals surface area contributed by atoms with Crippen molar-refractivity contribution in [1.82, 2.24) is 5.32 Å². The molecule has 0 bridgehead atoms. The van der Waals surface area contributed by atoms with Gasteiger partial charge in [-0.3, -0.25) is 4.79 Å². The van der Waals surface area contributed by atoms with Crippen LogP contribution in [0.25, 0.3) is 0 Å². The minimum Gasteiger partial charge on any atom is -0.549 e. The normalized spacial score (nSPS) is 26.8. The lowest BCUT2D eigenvalue weighted by Crippen LogP contribution is -2.57. The van der Waals surface area contributed by atoms with E-state index < -0.39 is 17.4 Å². The van der Waals surface area contributed by atoms with Gasteiger partial charge in [-0.25, -0.2) is 0 Å². The van der Waals surface area contributed by atoms with Crippen molar-refractivity contribution in [2.24, 2.45) is 5.92 Å². The molecule has 0 aromatic rings. The molecular weight excluding hydrogens is 222 g/mol. The first-order chi connectivity index (χ1) is 8.05. The standard InChI is InChI=1S/C12H17NO4/c1-3-12(13-10(14)8-17-2)7-5-4-6-9(12)11(15)16/h4-7,9H,3,8H2,1-2H3,(H,13,14)(H,15,16)/p-1. The van der Waals surface area contributed by atoms with Gasteiger partial charge in [0.05, 0.1) is 11.5 Å². The third-order valence-corrected chi connectivity index (χ3v) is 2.85. The Hall–Kier alpha value is -1.62. The van der Waals surface area contributed by atoms with Crippen LogP contribution in [0.4, 0.5) is 0 Å². The Morgan fingerprint density at radius 3 is 2.71 bits per heavy atom. The van der Waals surface area contributed by atoms with E-state index in [0.717, 1.165) is 0 Å². The molecular formula is C12H16NO4-. The minimum atomic E-state index is -1.20. The molecule has 0 heterocycles. The molecule has 17 heavy (non-hydrogen) atoms. The number of hydrogen-bond donors (Lipinski definition) is 1. The lowest BCUT2D eigenvalue weighted by Gasteiger charge is -2.39. The van der Waals surface area contributed by atoms with Crippen molar-refractivity contribution in [2.75, 3.05) is 13.7 Å². The lowest BCUT2D eigenvalue weighted by atomic mass is 9.78. The van der Waals surface area contributed by atoms with E-state index in [-0.39, 0.29) is 12.5 Å². The summed E-state index contributed by atoms with van der Waals surface area (Å²) in [5.41, 5.74) is -0.927. The van der Waals surface area contributed by atoms with Crippen molar-refractivity contribution in [1.29, 1.82) is 0 Å². The van der Waals surface area contributed by atoms with Gasteiger partial charge in [-0.2, -0.15) is 0 Å². The molecule has 0 fully saturated rings. The summed E-state index contributed by atoms with van der Waals surface area (Å²) < 4.78 is 4.71. The molecule has 0 spiro atoms. The number of carboxylic acids is 1. The third-order valence-electron chi connectivity index (χ3n) is 2.85. The quantitative estimate of drug-likeness (QED) is 0.693. The second kappa shape index (κ2) is 5.63. The summed E-state index contributed by atoms with van der Waals surface area (Å²) in [6.07, 6.45) is 7.02. The number of hydrogen-bond acceptors (Lipinski definition) is 4. The van der Waals surface area contributed by atoms with Gasteiger partial charge in [0.1, 0.15) is 6.61 Å². The third kappa shape index (κ3) is 2.94. The van der Waals surface area contributed by atoms with Crippen LogP contribution in [0.3, 0.4) is 0 Å². The molecule has 1 aliphatic carbocycles. The number of carboxylic acid groups (broad SMARTS) is 1. The average Bonchev–Trinajstić information content (AvgIpc) is 2.29. The van der Waals surface area contributed by atoms with Crippen LogP contribution in [0, 0.1) is 5.92 Å². The average molecular weight is 238 g/mol. The van der Waals surface area contributed by atoms with Crippen LogP contribution in [0.2, 0.25) is 0 Å². The SMILES string of the molecule is CCC1(NC(=O)COC)C=CC=CC1C(=O)[O-]. The maximum Gasteiger partial charge on any atom is 0.246 e. The molecule has 0 radical (unpaired) electrons. The van der Waals surface area contributed by atoms with Crippen LogP contribution in [0.1, 0.15) is 13.3 Å². The van der Waals surface area contributed by atoms with Gasteiger partial charge in [-0.1, -0.05) is 31.2 Å². The van der Waals surface area contributed by atoms with E-state index >= 15 is 0 Å². The highest BCUT2D eigenvalue weighted by atomic mass is 16.5. The van der Waals surface area contributed by atoms with Crippen molar-refractivity contribution in [3.05, 3.63) is 24.3 Å². The number of carbonyl (C=O) groups excluding carboxylic acids is 2. The summed E-state index contributed by atoms with van der Waals surface area (Å²) in [6, 6.07) is 0. The van der Waals surface area contributed by atoms with Crippen LogP contribution in [-0.2, 0) is 14.3 Å². The molecule has 5 nitrogen and oxygen atoms in total. The summed E-state index contributed by atoms with van der Waals surface area (Å²) in [5, 5.41) is 13.8. The smallest absolute Gasteiger partial charge is 0.246 e. The Morgan fingerprint density at radius 2 is 2.18 bits per heavy atom. The molecule has 1 aliphatic rings. The molecule has 2 unspecified atom stereocenters. The van der Waals surface area contributed by atoms with E-state index in [1.165, 1.54) is 13.2 Å². The van der Waals surface area contributed by atoms with Gasteiger partial charge < -0.3 is 20.0 Å². The largest absolute Gasteiger partial charge is 0.549 e. The van der Waals surface area contributed by atoms with Gasteiger partial charge >= 0.3 is 0 Å². The molecule has 2 atom stereocenters. The van der Waals surface area contributed by atoms with Gasteiger partial charge in [-0.15, -0.1) is 0 Å². The molecule has 0 saturated heterocycles. The van der Waals surface area contributed by atoms with Crippen LogP contribution in [0.15, 0.2) is 24.3 Å². The molecule has 0 saturated carbocycles. The van der Waals surface area contributed by atoms with E-state index in [9.17, 15) is 14.7 Å². The van der Waals surface area contributed by atoms with Gasteiger partial charge in [0, 0.05) is 13.0 Å². The summed E-state index contributed by atoms with van der Waals surface area (Å²) in [4.78, 5) is 22.6. The van der Waals surface area contributed by atoms with Crippen molar-refractivity contribution >= 4 is 11.9 Å². The molecule has 1 rings (SSSR count). The van der Waals surface area contributed by atoms with Crippen LogP contribution in [-0.4, -0.2) is 31.1 Å². The molecule has 0 aliphatic heterocycles. The maximum atomic E-state index is 11.5. The first kappa shape index (κ1) is 13.4. The van der Waals surface area contributed by atoms with Gasteiger partial charge in [0.2, 0.25) is 5.91 Å². The second-order valence-electron chi connectivity index (χ2n) is 3.92. The van der Waals surface area contributed by atoms with Crippen molar-refractivity contribution in [3.8, 4) is 0 Å². The molecule has 1 N–H and O–H groups in total. The van der Waals surface area contributed by atoms with E-state index in [1.807, 2.05) is 6.92 Å². The first-order valence-electron chi connectivity index (χ1n) is 5.42. The number of carbonyl (C=O) groups is 2. The summed E-state index contributed by atoms with van der Waals surface area (Å²) in [5.74, 6) is -2.41. The van der Waals surface area contributed by atoms with Gasteiger partial charge in [0.25, 0.3) is 0 Å². The number of methoxy groups -OCH3 is 1.